The Kier molecular flexibility index (Phi) is 5.67. The van der Waals surface area contributed by atoms with Crippen LogP contribution in [0.1, 0.15) is 10.4 Å². The number of rotatable bonds is 5. The van der Waals surface area contributed by atoms with E-state index in [0.29, 0.717) is 11.4 Å². The zero-order valence-electron chi connectivity index (χ0n) is 13.5. The van der Waals surface area contributed by atoms with Crippen LogP contribution >= 0.6 is 0 Å². The highest BCUT2D eigenvalue weighted by Gasteiger charge is 2.15. The van der Waals surface area contributed by atoms with Crippen LogP contribution in [-0.4, -0.2) is 36.3 Å². The van der Waals surface area contributed by atoms with E-state index >= 15 is 0 Å². The molecule has 2 rings (SSSR count). The molecule has 0 aliphatic heterocycles. The van der Waals surface area contributed by atoms with Crippen LogP contribution in [0.5, 0.6) is 0 Å². The van der Waals surface area contributed by atoms with Gasteiger partial charge in [0.1, 0.15) is 5.82 Å². The summed E-state index contributed by atoms with van der Waals surface area (Å²) in [6.07, 6.45) is 0. The van der Waals surface area contributed by atoms with E-state index in [4.69, 9.17) is 5.73 Å². The number of benzene rings is 2. The largest absolute Gasteiger partial charge is 0.351 e. The molecule has 4 N–H and O–H groups in total. The summed E-state index contributed by atoms with van der Waals surface area (Å²) in [5.74, 6) is -1.35. The number of primary amides is 1. The standard InChI is InChI=1S/C17H17FN4O3/c1-22(10-15(23)20-14-7-3-5-12(18)9-14)16(24)11-4-2-6-13(8-11)21-17(19)25/h2-9H,10H2,1H3,(H,20,23)(H3,19,21,25). The molecule has 130 valence electrons. The van der Waals surface area contributed by atoms with Gasteiger partial charge in [0.2, 0.25) is 5.91 Å². The second kappa shape index (κ2) is 7.91. The number of urea groups is 1. The third-order valence-corrected chi connectivity index (χ3v) is 3.21. The topological polar surface area (TPSA) is 105 Å². The minimum Gasteiger partial charge on any atom is -0.351 e. The zero-order chi connectivity index (χ0) is 18.4. The highest BCUT2D eigenvalue weighted by Crippen LogP contribution is 2.13. The van der Waals surface area contributed by atoms with Gasteiger partial charge in [0, 0.05) is 24.0 Å². The van der Waals surface area contributed by atoms with E-state index in [-0.39, 0.29) is 12.1 Å². The second-order valence-electron chi connectivity index (χ2n) is 5.29. The fourth-order valence-corrected chi connectivity index (χ4v) is 2.15. The van der Waals surface area contributed by atoms with Crippen molar-refractivity contribution in [3.63, 3.8) is 0 Å². The Labute approximate surface area is 143 Å². The first-order valence-corrected chi connectivity index (χ1v) is 7.32. The van der Waals surface area contributed by atoms with Crippen LogP contribution in [0, 0.1) is 5.82 Å². The number of nitrogens with two attached hydrogens (primary N) is 1. The maximum Gasteiger partial charge on any atom is 0.316 e. The van der Waals surface area contributed by atoms with Gasteiger partial charge in [-0.2, -0.15) is 0 Å². The number of nitrogens with one attached hydrogen (secondary N) is 2. The summed E-state index contributed by atoms with van der Waals surface area (Å²) in [6.45, 7) is -0.219. The Bertz CT molecular complexity index is 810. The van der Waals surface area contributed by atoms with Crippen molar-refractivity contribution < 1.29 is 18.8 Å². The van der Waals surface area contributed by atoms with Crippen LogP contribution in [-0.2, 0) is 4.79 Å². The predicted octanol–water partition coefficient (Wildman–Crippen LogP) is 2.03. The van der Waals surface area contributed by atoms with E-state index in [1.54, 1.807) is 24.3 Å². The number of hydrogen-bond donors (Lipinski definition) is 3. The van der Waals surface area contributed by atoms with Gasteiger partial charge in [-0.3, -0.25) is 9.59 Å². The van der Waals surface area contributed by atoms with Gasteiger partial charge in [0.05, 0.1) is 6.54 Å². The Morgan fingerprint density at radius 1 is 1.04 bits per heavy atom. The predicted molar refractivity (Wildman–Crippen MR) is 91.6 cm³/mol. The molecule has 0 radical (unpaired) electrons. The average molecular weight is 344 g/mol. The normalized spacial score (nSPS) is 10.0. The summed E-state index contributed by atoms with van der Waals surface area (Å²) >= 11 is 0. The van der Waals surface area contributed by atoms with E-state index < -0.39 is 23.7 Å². The van der Waals surface area contributed by atoms with Crippen LogP contribution in [0.2, 0.25) is 0 Å². The summed E-state index contributed by atoms with van der Waals surface area (Å²) in [4.78, 5) is 36.4. The molecule has 0 spiro atoms. The van der Waals surface area contributed by atoms with Crippen LogP contribution in [0.4, 0.5) is 20.6 Å². The fourth-order valence-electron chi connectivity index (χ4n) is 2.15. The molecule has 0 aliphatic rings. The number of amides is 4. The first-order valence-electron chi connectivity index (χ1n) is 7.32. The molecule has 0 fully saturated rings. The van der Waals surface area contributed by atoms with E-state index in [1.807, 2.05) is 0 Å². The molecule has 0 heterocycles. The SMILES string of the molecule is CN(CC(=O)Nc1cccc(F)c1)C(=O)c1cccc(NC(N)=O)c1. The number of carbonyl (C=O) groups is 3. The Morgan fingerprint density at radius 2 is 1.68 bits per heavy atom. The average Bonchev–Trinajstić information content (AvgIpc) is 2.53. The van der Waals surface area contributed by atoms with Gasteiger partial charge in [-0.25, -0.2) is 9.18 Å². The van der Waals surface area contributed by atoms with Crippen LogP contribution in [0.3, 0.4) is 0 Å². The van der Waals surface area contributed by atoms with Gasteiger partial charge in [0.15, 0.2) is 0 Å². The van der Waals surface area contributed by atoms with Crippen molar-refractivity contribution in [1.29, 1.82) is 0 Å². The zero-order valence-corrected chi connectivity index (χ0v) is 13.5. The Morgan fingerprint density at radius 3 is 2.32 bits per heavy atom. The molecule has 0 bridgehead atoms. The quantitative estimate of drug-likeness (QED) is 0.773. The van der Waals surface area contributed by atoms with Gasteiger partial charge in [-0.1, -0.05) is 12.1 Å². The molecule has 2 aromatic carbocycles. The summed E-state index contributed by atoms with van der Waals surface area (Å²) in [5, 5.41) is 4.88. The summed E-state index contributed by atoms with van der Waals surface area (Å²) in [5.41, 5.74) is 6.00. The minimum absolute atomic E-state index is 0.219. The maximum absolute atomic E-state index is 13.1. The number of anilines is 2. The molecule has 0 saturated heterocycles. The summed E-state index contributed by atoms with van der Waals surface area (Å²) in [7, 11) is 1.46. The van der Waals surface area contributed by atoms with E-state index in [0.717, 1.165) is 0 Å². The second-order valence-corrected chi connectivity index (χ2v) is 5.29. The minimum atomic E-state index is -0.743. The fraction of sp³-hybridized carbons (Fsp3) is 0.118. The molecule has 0 atom stereocenters. The van der Waals surface area contributed by atoms with E-state index in [9.17, 15) is 18.8 Å². The molecule has 7 nitrogen and oxygen atoms in total. The third-order valence-electron chi connectivity index (χ3n) is 3.21. The highest BCUT2D eigenvalue weighted by atomic mass is 19.1. The molecule has 0 unspecified atom stereocenters. The van der Waals surface area contributed by atoms with Crippen molar-refractivity contribution >= 4 is 29.2 Å². The van der Waals surface area contributed by atoms with Crippen LogP contribution < -0.4 is 16.4 Å². The summed E-state index contributed by atoms with van der Waals surface area (Å²) in [6, 6.07) is 10.9. The number of nitrogens with zero attached hydrogens (tertiary/aromatic N) is 1. The van der Waals surface area contributed by atoms with Crippen molar-refractivity contribution in [3.8, 4) is 0 Å². The number of halogens is 1. The van der Waals surface area contributed by atoms with Crippen molar-refractivity contribution in [3.05, 3.63) is 59.9 Å². The Balaban J connectivity index is 2.00. The molecule has 25 heavy (non-hydrogen) atoms. The van der Waals surface area contributed by atoms with Gasteiger partial charge in [0.25, 0.3) is 5.91 Å². The van der Waals surface area contributed by atoms with Crippen molar-refractivity contribution in [1.82, 2.24) is 4.90 Å². The highest BCUT2D eigenvalue weighted by molar-refractivity contribution is 6.00. The lowest BCUT2D eigenvalue weighted by Gasteiger charge is -2.17. The Hall–Kier alpha value is -3.42. The van der Waals surface area contributed by atoms with Gasteiger partial charge < -0.3 is 21.3 Å². The smallest absolute Gasteiger partial charge is 0.316 e. The van der Waals surface area contributed by atoms with Gasteiger partial charge in [-0.15, -0.1) is 0 Å². The monoisotopic (exact) mass is 344 g/mol. The number of likely N-dealkylation sites (N-methyl/N-ethyl adjacent to an activating group) is 1. The molecule has 0 aromatic heterocycles. The van der Waals surface area contributed by atoms with Crippen molar-refractivity contribution in [2.45, 2.75) is 0 Å². The van der Waals surface area contributed by atoms with Crippen LogP contribution in [0.15, 0.2) is 48.5 Å². The van der Waals surface area contributed by atoms with Gasteiger partial charge in [-0.05, 0) is 36.4 Å². The molecule has 2 aromatic rings. The van der Waals surface area contributed by atoms with E-state index in [2.05, 4.69) is 10.6 Å². The molecule has 0 saturated carbocycles. The van der Waals surface area contributed by atoms with Gasteiger partial charge >= 0.3 is 6.03 Å². The number of carbonyl (C=O) groups excluding carboxylic acids is 3. The lowest BCUT2D eigenvalue weighted by molar-refractivity contribution is -0.116. The summed E-state index contributed by atoms with van der Waals surface area (Å²) < 4.78 is 13.1. The van der Waals surface area contributed by atoms with E-state index in [1.165, 1.54) is 36.2 Å². The van der Waals surface area contributed by atoms with Crippen molar-refractivity contribution in [2.24, 2.45) is 5.73 Å². The third kappa shape index (κ3) is 5.31. The first kappa shape index (κ1) is 17.9. The molecular formula is C17H17FN4O3. The molecular weight excluding hydrogens is 327 g/mol. The lowest BCUT2D eigenvalue weighted by atomic mass is 10.1. The molecule has 8 heteroatoms. The first-order chi connectivity index (χ1) is 11.8. The van der Waals surface area contributed by atoms with Crippen LogP contribution in [0.25, 0.3) is 0 Å². The molecule has 4 amide bonds. The lowest BCUT2D eigenvalue weighted by Crippen LogP contribution is -2.35. The molecule has 0 aliphatic carbocycles. The number of hydrogen-bond acceptors (Lipinski definition) is 3. The van der Waals surface area contributed by atoms with Crippen molar-refractivity contribution in [2.75, 3.05) is 24.2 Å². The maximum atomic E-state index is 13.1.